The molecule has 0 aromatic carbocycles. The van der Waals surface area contributed by atoms with Crippen molar-refractivity contribution in [3.05, 3.63) is 0 Å². The number of β-lactam (4-membered cyclic amide) rings is 1. The van der Waals surface area contributed by atoms with Crippen LogP contribution in [-0.2, 0) is 19.1 Å². The van der Waals surface area contributed by atoms with Gasteiger partial charge in [-0.25, -0.2) is 0 Å². The number of amides is 2. The van der Waals surface area contributed by atoms with Gasteiger partial charge in [-0.05, 0) is 31.6 Å². The van der Waals surface area contributed by atoms with E-state index in [0.717, 1.165) is 38.8 Å². The van der Waals surface area contributed by atoms with Crippen molar-refractivity contribution in [1.29, 1.82) is 0 Å². The molecular weight excluding hydrogens is 308 g/mol. The fraction of sp³-hybridized carbons (Fsp3) is 0.889. The van der Waals surface area contributed by atoms with Gasteiger partial charge in [-0.15, -0.1) is 0 Å². The van der Waals surface area contributed by atoms with Crippen LogP contribution in [0.15, 0.2) is 0 Å². The zero-order valence-corrected chi connectivity index (χ0v) is 15.1. The maximum Gasteiger partial charge on any atom is 0.254 e. The second-order valence-corrected chi connectivity index (χ2v) is 7.75. The molecule has 3 heterocycles. The van der Waals surface area contributed by atoms with E-state index in [0.29, 0.717) is 25.6 Å². The van der Waals surface area contributed by atoms with Gasteiger partial charge in [0.1, 0.15) is 0 Å². The smallest absolute Gasteiger partial charge is 0.254 e. The van der Waals surface area contributed by atoms with Crippen molar-refractivity contribution >= 4 is 11.8 Å². The maximum atomic E-state index is 12.6. The standard InChI is InChI=1S/C18H30N2O4/c1-13(2)12-15(21)19-8-4-14(5-9-19)20-17(22)16(23-3)18(20)6-10-24-11-7-18/h13-14,16H,4-12H2,1-3H3. The summed E-state index contributed by atoms with van der Waals surface area (Å²) in [7, 11) is 1.63. The van der Waals surface area contributed by atoms with Gasteiger partial charge in [-0.1, -0.05) is 13.8 Å². The summed E-state index contributed by atoms with van der Waals surface area (Å²) < 4.78 is 11.0. The third-order valence-electron chi connectivity index (χ3n) is 5.79. The normalized spacial score (nSPS) is 27.7. The average Bonchev–Trinajstić information content (AvgIpc) is 2.56. The van der Waals surface area contributed by atoms with Crippen molar-refractivity contribution in [2.24, 2.45) is 5.92 Å². The fourth-order valence-corrected chi connectivity index (χ4v) is 4.58. The quantitative estimate of drug-likeness (QED) is 0.728. The van der Waals surface area contributed by atoms with Crippen molar-refractivity contribution < 1.29 is 19.1 Å². The highest BCUT2D eigenvalue weighted by molar-refractivity contribution is 5.91. The van der Waals surface area contributed by atoms with Crippen LogP contribution >= 0.6 is 0 Å². The molecule has 6 heteroatoms. The predicted octanol–water partition coefficient (Wildman–Crippen LogP) is 1.43. The molecular formula is C18H30N2O4. The highest BCUT2D eigenvalue weighted by atomic mass is 16.5. The summed E-state index contributed by atoms with van der Waals surface area (Å²) >= 11 is 0. The molecule has 3 aliphatic heterocycles. The Balaban J connectivity index is 1.63. The predicted molar refractivity (Wildman–Crippen MR) is 89.5 cm³/mol. The van der Waals surface area contributed by atoms with Crippen LogP contribution in [0.3, 0.4) is 0 Å². The second-order valence-electron chi connectivity index (χ2n) is 7.75. The first-order valence-corrected chi connectivity index (χ1v) is 9.21. The van der Waals surface area contributed by atoms with Crippen LogP contribution in [0.25, 0.3) is 0 Å². The zero-order valence-electron chi connectivity index (χ0n) is 15.1. The Morgan fingerprint density at radius 2 is 1.92 bits per heavy atom. The largest absolute Gasteiger partial charge is 0.381 e. The molecule has 0 bridgehead atoms. The number of hydrogen-bond acceptors (Lipinski definition) is 4. The highest BCUT2D eigenvalue weighted by Crippen LogP contribution is 2.45. The Hall–Kier alpha value is -1.14. The first kappa shape index (κ1) is 17.7. The molecule has 0 saturated carbocycles. The molecule has 24 heavy (non-hydrogen) atoms. The van der Waals surface area contributed by atoms with Crippen molar-refractivity contribution in [3.63, 3.8) is 0 Å². The SMILES string of the molecule is COC1C(=O)N(C2CCN(C(=O)CC(C)C)CC2)C12CCOCC2. The summed E-state index contributed by atoms with van der Waals surface area (Å²) in [5, 5.41) is 0. The number of ether oxygens (including phenoxy) is 2. The first-order valence-electron chi connectivity index (χ1n) is 9.21. The number of nitrogens with zero attached hydrogens (tertiary/aromatic N) is 2. The number of methoxy groups -OCH3 is 1. The third-order valence-corrected chi connectivity index (χ3v) is 5.79. The van der Waals surface area contributed by atoms with E-state index in [-0.39, 0.29) is 29.5 Å². The summed E-state index contributed by atoms with van der Waals surface area (Å²) in [6.07, 6.45) is 3.74. The molecule has 0 aliphatic carbocycles. The lowest BCUT2D eigenvalue weighted by molar-refractivity contribution is -0.213. The summed E-state index contributed by atoms with van der Waals surface area (Å²) in [5.41, 5.74) is -0.182. The summed E-state index contributed by atoms with van der Waals surface area (Å²) in [6.45, 7) is 7.03. The van der Waals surface area contributed by atoms with Crippen molar-refractivity contribution in [2.75, 3.05) is 33.4 Å². The lowest BCUT2D eigenvalue weighted by Gasteiger charge is -2.61. The molecule has 3 aliphatic rings. The van der Waals surface area contributed by atoms with Gasteiger partial charge in [0.25, 0.3) is 5.91 Å². The topological polar surface area (TPSA) is 59.1 Å². The van der Waals surface area contributed by atoms with Gasteiger partial charge in [0.05, 0.1) is 5.54 Å². The van der Waals surface area contributed by atoms with E-state index in [1.807, 2.05) is 4.90 Å². The third kappa shape index (κ3) is 2.94. The number of carbonyl (C=O) groups is 2. The molecule has 3 saturated heterocycles. The van der Waals surface area contributed by atoms with Crippen molar-refractivity contribution in [3.8, 4) is 0 Å². The molecule has 0 radical (unpaired) electrons. The van der Waals surface area contributed by atoms with Gasteiger partial charge < -0.3 is 19.3 Å². The molecule has 3 fully saturated rings. The van der Waals surface area contributed by atoms with Crippen LogP contribution in [0.5, 0.6) is 0 Å². The molecule has 3 rings (SSSR count). The van der Waals surface area contributed by atoms with Crippen LogP contribution < -0.4 is 0 Å². The molecule has 136 valence electrons. The van der Waals surface area contributed by atoms with Gasteiger partial charge in [-0.3, -0.25) is 9.59 Å². The van der Waals surface area contributed by atoms with Crippen LogP contribution in [0.4, 0.5) is 0 Å². The zero-order chi connectivity index (χ0) is 17.3. The summed E-state index contributed by atoms with van der Waals surface area (Å²) in [4.78, 5) is 28.9. The molecule has 1 spiro atoms. The number of carbonyl (C=O) groups excluding carboxylic acids is 2. The molecule has 0 N–H and O–H groups in total. The van der Waals surface area contributed by atoms with E-state index in [1.54, 1.807) is 7.11 Å². The Morgan fingerprint density at radius 1 is 1.29 bits per heavy atom. The fourth-order valence-electron chi connectivity index (χ4n) is 4.58. The molecule has 6 nitrogen and oxygen atoms in total. The molecule has 0 aromatic heterocycles. The van der Waals surface area contributed by atoms with Gasteiger partial charge in [-0.2, -0.15) is 0 Å². The van der Waals surface area contributed by atoms with Gasteiger partial charge in [0.2, 0.25) is 5.91 Å². The van der Waals surface area contributed by atoms with E-state index in [2.05, 4.69) is 18.7 Å². The van der Waals surface area contributed by atoms with E-state index >= 15 is 0 Å². The minimum Gasteiger partial charge on any atom is -0.381 e. The number of rotatable bonds is 4. The van der Waals surface area contributed by atoms with Crippen LogP contribution in [0.1, 0.15) is 46.0 Å². The van der Waals surface area contributed by atoms with Crippen LogP contribution in [0, 0.1) is 5.92 Å². The first-order chi connectivity index (χ1) is 11.5. The number of piperidine rings is 1. The monoisotopic (exact) mass is 338 g/mol. The summed E-state index contributed by atoms with van der Waals surface area (Å²) in [5.74, 6) is 0.750. The van der Waals surface area contributed by atoms with Crippen LogP contribution in [-0.4, -0.2) is 72.7 Å². The van der Waals surface area contributed by atoms with E-state index in [4.69, 9.17) is 9.47 Å². The summed E-state index contributed by atoms with van der Waals surface area (Å²) in [6, 6.07) is 0.227. The Morgan fingerprint density at radius 3 is 2.46 bits per heavy atom. The lowest BCUT2D eigenvalue weighted by atomic mass is 9.72. The lowest BCUT2D eigenvalue weighted by Crippen LogP contribution is -2.79. The van der Waals surface area contributed by atoms with E-state index < -0.39 is 0 Å². The van der Waals surface area contributed by atoms with Crippen molar-refractivity contribution in [2.45, 2.75) is 63.6 Å². The van der Waals surface area contributed by atoms with Crippen LogP contribution in [0.2, 0.25) is 0 Å². The molecule has 2 amide bonds. The minimum absolute atomic E-state index is 0.117. The van der Waals surface area contributed by atoms with Crippen molar-refractivity contribution in [1.82, 2.24) is 9.80 Å². The molecule has 1 unspecified atom stereocenters. The Bertz CT molecular complexity index is 479. The minimum atomic E-state index is -0.318. The average molecular weight is 338 g/mol. The van der Waals surface area contributed by atoms with Gasteiger partial charge in [0, 0.05) is 45.9 Å². The number of likely N-dealkylation sites (tertiary alicyclic amines) is 2. The van der Waals surface area contributed by atoms with E-state index in [9.17, 15) is 9.59 Å². The second kappa shape index (κ2) is 7.00. The molecule has 1 atom stereocenters. The molecule has 0 aromatic rings. The Kier molecular flexibility index (Phi) is 5.16. The highest BCUT2D eigenvalue weighted by Gasteiger charge is 2.62. The van der Waals surface area contributed by atoms with E-state index in [1.165, 1.54) is 0 Å². The number of hydrogen-bond donors (Lipinski definition) is 0. The van der Waals surface area contributed by atoms with Gasteiger partial charge >= 0.3 is 0 Å². The maximum absolute atomic E-state index is 12.6. The van der Waals surface area contributed by atoms with Gasteiger partial charge in [0.15, 0.2) is 6.10 Å². The Labute approximate surface area is 144 Å².